The number of aryl methyl sites for hydroxylation is 3. The molecule has 0 aliphatic rings. The highest BCUT2D eigenvalue weighted by Gasteiger charge is 2.06. The number of benzene rings is 1. The van der Waals surface area contributed by atoms with E-state index < -0.39 is 0 Å². The molecule has 0 amide bonds. The van der Waals surface area contributed by atoms with Crippen molar-refractivity contribution in [1.29, 1.82) is 0 Å². The van der Waals surface area contributed by atoms with Crippen LogP contribution in [0, 0.1) is 13.8 Å². The van der Waals surface area contributed by atoms with Gasteiger partial charge in [0.05, 0.1) is 5.52 Å². The first kappa shape index (κ1) is 10.2. The molecule has 0 bridgehead atoms. The summed E-state index contributed by atoms with van der Waals surface area (Å²) in [5.74, 6) is 0. The van der Waals surface area contributed by atoms with Gasteiger partial charge in [0.2, 0.25) is 0 Å². The number of hydrogen-bond donors (Lipinski definition) is 1. The van der Waals surface area contributed by atoms with Crippen molar-refractivity contribution in [2.24, 2.45) is 5.73 Å². The summed E-state index contributed by atoms with van der Waals surface area (Å²) < 4.78 is 2.33. The third-order valence-electron chi connectivity index (χ3n) is 2.90. The van der Waals surface area contributed by atoms with Crippen molar-refractivity contribution in [1.82, 2.24) is 4.57 Å². The van der Waals surface area contributed by atoms with Crippen molar-refractivity contribution in [3.8, 4) is 0 Å². The third kappa shape index (κ3) is 1.77. The summed E-state index contributed by atoms with van der Waals surface area (Å²) in [6, 6.07) is 6.48. The highest BCUT2D eigenvalue weighted by molar-refractivity contribution is 5.86. The molecule has 1 aromatic heterocycles. The second kappa shape index (κ2) is 4.07. The molecule has 0 saturated carbocycles. The van der Waals surface area contributed by atoms with Gasteiger partial charge in [0, 0.05) is 18.1 Å². The normalized spacial score (nSPS) is 11.1. The lowest BCUT2D eigenvalue weighted by Crippen LogP contribution is -2.05. The standard InChI is InChI=1S/C13H18N2/c1-10-5-3-6-12-11(2)9-15(13(10)12)8-4-7-14/h3,5-6,9H,4,7-8,14H2,1-2H3. The maximum absolute atomic E-state index is 5.55. The summed E-state index contributed by atoms with van der Waals surface area (Å²) in [5.41, 5.74) is 9.61. The van der Waals surface area contributed by atoms with Crippen LogP contribution in [0.2, 0.25) is 0 Å². The van der Waals surface area contributed by atoms with Gasteiger partial charge in [0.25, 0.3) is 0 Å². The summed E-state index contributed by atoms with van der Waals surface area (Å²) in [4.78, 5) is 0. The van der Waals surface area contributed by atoms with Gasteiger partial charge in [-0.25, -0.2) is 0 Å². The monoisotopic (exact) mass is 202 g/mol. The van der Waals surface area contributed by atoms with Gasteiger partial charge in [-0.05, 0) is 37.9 Å². The molecule has 2 rings (SSSR count). The number of rotatable bonds is 3. The fourth-order valence-corrected chi connectivity index (χ4v) is 2.16. The lowest BCUT2D eigenvalue weighted by atomic mass is 10.1. The molecule has 0 atom stereocenters. The molecule has 2 heteroatoms. The van der Waals surface area contributed by atoms with Gasteiger partial charge in [-0.3, -0.25) is 0 Å². The average molecular weight is 202 g/mol. The van der Waals surface area contributed by atoms with Crippen LogP contribution < -0.4 is 5.73 Å². The summed E-state index contributed by atoms with van der Waals surface area (Å²) in [6.07, 6.45) is 3.27. The Kier molecular flexibility index (Phi) is 2.78. The predicted octanol–water partition coefficient (Wildman–Crippen LogP) is 2.61. The quantitative estimate of drug-likeness (QED) is 0.815. The Bertz CT molecular complexity index is 469. The minimum absolute atomic E-state index is 0.755. The van der Waals surface area contributed by atoms with Crippen LogP contribution in [-0.4, -0.2) is 11.1 Å². The number of nitrogens with zero attached hydrogens (tertiary/aromatic N) is 1. The van der Waals surface area contributed by atoms with Crippen LogP contribution in [0.3, 0.4) is 0 Å². The van der Waals surface area contributed by atoms with Crippen LogP contribution in [0.1, 0.15) is 17.5 Å². The number of nitrogens with two attached hydrogens (primary N) is 1. The molecule has 0 aliphatic heterocycles. The van der Waals surface area contributed by atoms with Crippen LogP contribution >= 0.6 is 0 Å². The second-order valence-electron chi connectivity index (χ2n) is 4.12. The fourth-order valence-electron chi connectivity index (χ4n) is 2.16. The number of hydrogen-bond acceptors (Lipinski definition) is 1. The minimum Gasteiger partial charge on any atom is -0.347 e. The minimum atomic E-state index is 0.755. The Hall–Kier alpha value is -1.28. The molecule has 0 aliphatic carbocycles. The lowest BCUT2D eigenvalue weighted by molar-refractivity contribution is 0.669. The van der Waals surface area contributed by atoms with Gasteiger partial charge in [-0.1, -0.05) is 18.2 Å². The van der Waals surface area contributed by atoms with E-state index in [1.165, 1.54) is 22.0 Å². The number of fused-ring (bicyclic) bond motifs is 1. The maximum Gasteiger partial charge on any atom is 0.0512 e. The van der Waals surface area contributed by atoms with Crippen molar-refractivity contribution >= 4 is 10.9 Å². The molecule has 1 aromatic carbocycles. The first-order chi connectivity index (χ1) is 7.24. The highest BCUT2D eigenvalue weighted by Crippen LogP contribution is 2.23. The molecule has 1 heterocycles. The molecule has 15 heavy (non-hydrogen) atoms. The van der Waals surface area contributed by atoms with Gasteiger partial charge < -0.3 is 10.3 Å². The van der Waals surface area contributed by atoms with Gasteiger partial charge in [-0.15, -0.1) is 0 Å². The van der Waals surface area contributed by atoms with Crippen molar-refractivity contribution in [3.05, 3.63) is 35.5 Å². The topological polar surface area (TPSA) is 30.9 Å². The molecule has 0 fully saturated rings. The Morgan fingerprint density at radius 2 is 2.00 bits per heavy atom. The van der Waals surface area contributed by atoms with Crippen molar-refractivity contribution in [2.45, 2.75) is 26.8 Å². The first-order valence-corrected chi connectivity index (χ1v) is 5.49. The molecule has 0 unspecified atom stereocenters. The number of para-hydroxylation sites is 1. The molecule has 2 N–H and O–H groups in total. The summed E-state index contributed by atoms with van der Waals surface area (Å²) in [5, 5.41) is 1.37. The van der Waals surface area contributed by atoms with Gasteiger partial charge in [-0.2, -0.15) is 0 Å². The first-order valence-electron chi connectivity index (χ1n) is 5.49. The van der Waals surface area contributed by atoms with Crippen molar-refractivity contribution in [2.75, 3.05) is 6.54 Å². The van der Waals surface area contributed by atoms with Crippen LogP contribution in [-0.2, 0) is 6.54 Å². The van der Waals surface area contributed by atoms with E-state index in [0.717, 1.165) is 19.5 Å². The predicted molar refractivity (Wildman–Crippen MR) is 65.1 cm³/mol. The summed E-state index contributed by atoms with van der Waals surface area (Å²) >= 11 is 0. The Morgan fingerprint density at radius 3 is 2.73 bits per heavy atom. The van der Waals surface area contributed by atoms with Crippen LogP contribution in [0.4, 0.5) is 0 Å². The zero-order valence-electron chi connectivity index (χ0n) is 9.46. The summed E-state index contributed by atoms with van der Waals surface area (Å²) in [7, 11) is 0. The smallest absolute Gasteiger partial charge is 0.0512 e. The molecular formula is C13H18N2. The van der Waals surface area contributed by atoms with Gasteiger partial charge in [0.15, 0.2) is 0 Å². The molecule has 2 nitrogen and oxygen atoms in total. The summed E-state index contributed by atoms with van der Waals surface area (Å²) in [6.45, 7) is 6.11. The molecule has 0 spiro atoms. The lowest BCUT2D eigenvalue weighted by Gasteiger charge is -2.06. The van der Waals surface area contributed by atoms with Crippen LogP contribution in [0.5, 0.6) is 0 Å². The Labute approximate surface area is 90.7 Å². The fraction of sp³-hybridized carbons (Fsp3) is 0.385. The highest BCUT2D eigenvalue weighted by atomic mass is 15.0. The maximum atomic E-state index is 5.55. The van der Waals surface area contributed by atoms with Crippen molar-refractivity contribution in [3.63, 3.8) is 0 Å². The molecule has 80 valence electrons. The van der Waals surface area contributed by atoms with E-state index in [2.05, 4.69) is 42.8 Å². The van der Waals surface area contributed by atoms with E-state index in [9.17, 15) is 0 Å². The Morgan fingerprint density at radius 1 is 1.20 bits per heavy atom. The zero-order valence-corrected chi connectivity index (χ0v) is 9.46. The molecule has 0 saturated heterocycles. The van der Waals surface area contributed by atoms with E-state index in [4.69, 9.17) is 5.73 Å². The molecular weight excluding hydrogens is 184 g/mol. The van der Waals surface area contributed by atoms with E-state index in [1.54, 1.807) is 0 Å². The molecule has 0 radical (unpaired) electrons. The third-order valence-corrected chi connectivity index (χ3v) is 2.90. The Balaban J connectivity index is 2.54. The van der Waals surface area contributed by atoms with Crippen LogP contribution in [0.15, 0.2) is 24.4 Å². The van der Waals surface area contributed by atoms with Gasteiger partial charge >= 0.3 is 0 Å². The number of aromatic nitrogens is 1. The van der Waals surface area contributed by atoms with E-state index in [1.807, 2.05) is 0 Å². The zero-order chi connectivity index (χ0) is 10.8. The van der Waals surface area contributed by atoms with E-state index >= 15 is 0 Å². The average Bonchev–Trinajstić information content (AvgIpc) is 2.55. The van der Waals surface area contributed by atoms with E-state index in [0.29, 0.717) is 0 Å². The SMILES string of the molecule is Cc1cn(CCCN)c2c(C)cccc12. The van der Waals surface area contributed by atoms with E-state index in [-0.39, 0.29) is 0 Å². The van der Waals surface area contributed by atoms with Crippen molar-refractivity contribution < 1.29 is 0 Å². The largest absolute Gasteiger partial charge is 0.347 e. The second-order valence-corrected chi connectivity index (χ2v) is 4.12. The van der Waals surface area contributed by atoms with Crippen LogP contribution in [0.25, 0.3) is 10.9 Å². The molecule has 2 aromatic rings. The van der Waals surface area contributed by atoms with Gasteiger partial charge in [0.1, 0.15) is 0 Å².